The number of ether oxygens (including phenoxy) is 3. The normalized spacial score (nSPS) is 11.4. The number of benzene rings is 1. The van der Waals surface area contributed by atoms with Crippen molar-refractivity contribution in [2.45, 2.75) is 19.6 Å². The van der Waals surface area contributed by atoms with Gasteiger partial charge in [-0.25, -0.2) is 0 Å². The highest BCUT2D eigenvalue weighted by Crippen LogP contribution is 2.25. The third kappa shape index (κ3) is 6.12. The van der Waals surface area contributed by atoms with Crippen molar-refractivity contribution in [1.29, 1.82) is 0 Å². The number of methoxy groups -OCH3 is 1. The molecule has 0 fully saturated rings. The molecule has 0 atom stereocenters. The summed E-state index contributed by atoms with van der Waals surface area (Å²) in [6, 6.07) is 5.17. The molecule has 0 unspecified atom stereocenters. The van der Waals surface area contributed by atoms with Gasteiger partial charge in [-0.3, -0.25) is 0 Å². The second kappa shape index (κ2) is 7.96. The summed E-state index contributed by atoms with van der Waals surface area (Å²) in [5.74, 6) is 1.00. The van der Waals surface area contributed by atoms with E-state index in [0.29, 0.717) is 18.0 Å². The van der Waals surface area contributed by atoms with Crippen molar-refractivity contribution in [1.82, 2.24) is 5.32 Å². The average Bonchev–Trinajstić information content (AvgIpc) is 2.40. The smallest absolute Gasteiger partial charge is 0.411 e. The van der Waals surface area contributed by atoms with E-state index in [9.17, 15) is 13.2 Å². The van der Waals surface area contributed by atoms with Crippen LogP contribution in [0.1, 0.15) is 12.5 Å². The summed E-state index contributed by atoms with van der Waals surface area (Å²) in [5, 5.41) is 3.12. The van der Waals surface area contributed by atoms with E-state index >= 15 is 0 Å². The van der Waals surface area contributed by atoms with Gasteiger partial charge in [0.25, 0.3) is 0 Å². The first-order valence-electron chi connectivity index (χ1n) is 6.11. The maximum Gasteiger partial charge on any atom is 0.411 e. The molecule has 0 aliphatic heterocycles. The van der Waals surface area contributed by atoms with E-state index in [1.807, 2.05) is 6.92 Å². The van der Waals surface area contributed by atoms with Gasteiger partial charge in [0.1, 0.15) is 18.1 Å². The minimum atomic E-state index is -4.36. The first kappa shape index (κ1) is 16.6. The van der Waals surface area contributed by atoms with E-state index in [0.717, 1.165) is 12.1 Å². The van der Waals surface area contributed by atoms with Gasteiger partial charge in [-0.05, 0) is 12.6 Å². The van der Waals surface area contributed by atoms with Crippen LogP contribution in [-0.2, 0) is 11.3 Å². The van der Waals surface area contributed by atoms with Gasteiger partial charge < -0.3 is 19.5 Å². The van der Waals surface area contributed by atoms with Gasteiger partial charge in [-0.2, -0.15) is 13.2 Å². The standard InChI is InChI=1S/C13H18F3NO3/c1-3-17-7-10-4-5-11(18-2)6-12(10)20-9-19-8-13(14,15)16/h4-6,17H,3,7-9H2,1-2H3. The first-order valence-corrected chi connectivity index (χ1v) is 6.11. The monoisotopic (exact) mass is 293 g/mol. The molecule has 0 radical (unpaired) electrons. The Bertz CT molecular complexity index is 410. The van der Waals surface area contributed by atoms with E-state index in [1.54, 1.807) is 18.2 Å². The fourth-order valence-electron chi connectivity index (χ4n) is 1.46. The van der Waals surface area contributed by atoms with Gasteiger partial charge in [0.15, 0.2) is 6.79 Å². The Morgan fingerprint density at radius 3 is 2.60 bits per heavy atom. The van der Waals surface area contributed by atoms with Crippen molar-refractivity contribution >= 4 is 0 Å². The Labute approximate surface area is 115 Å². The lowest BCUT2D eigenvalue weighted by Gasteiger charge is -2.14. The minimum absolute atomic E-state index is 0.437. The van der Waals surface area contributed by atoms with Crippen LogP contribution in [0.4, 0.5) is 13.2 Å². The molecule has 0 aliphatic carbocycles. The van der Waals surface area contributed by atoms with Crippen molar-refractivity contribution in [2.24, 2.45) is 0 Å². The van der Waals surface area contributed by atoms with E-state index in [2.05, 4.69) is 10.1 Å². The van der Waals surface area contributed by atoms with Crippen LogP contribution in [0.3, 0.4) is 0 Å². The lowest BCUT2D eigenvalue weighted by molar-refractivity contribution is -0.186. The highest BCUT2D eigenvalue weighted by atomic mass is 19.4. The Morgan fingerprint density at radius 1 is 1.25 bits per heavy atom. The SMILES string of the molecule is CCNCc1ccc(OC)cc1OCOCC(F)(F)F. The number of halogens is 3. The van der Waals surface area contributed by atoms with Gasteiger partial charge in [0, 0.05) is 18.2 Å². The van der Waals surface area contributed by atoms with Gasteiger partial charge in [-0.1, -0.05) is 13.0 Å². The molecule has 0 heterocycles. The molecule has 1 N–H and O–H groups in total. The zero-order chi connectivity index (χ0) is 15.0. The van der Waals surface area contributed by atoms with Crippen molar-refractivity contribution < 1.29 is 27.4 Å². The summed E-state index contributed by atoms with van der Waals surface area (Å²) in [6.45, 7) is 1.48. The van der Waals surface area contributed by atoms with Crippen LogP contribution >= 0.6 is 0 Å². The molecule has 7 heteroatoms. The van der Waals surface area contributed by atoms with E-state index < -0.39 is 19.6 Å². The molecule has 0 spiro atoms. The largest absolute Gasteiger partial charge is 0.497 e. The number of hydrogen-bond acceptors (Lipinski definition) is 4. The number of alkyl halides is 3. The second-order valence-corrected chi connectivity index (χ2v) is 3.98. The molecule has 1 rings (SSSR count). The van der Waals surface area contributed by atoms with Crippen LogP contribution < -0.4 is 14.8 Å². The molecule has 4 nitrogen and oxygen atoms in total. The van der Waals surface area contributed by atoms with Crippen LogP contribution in [0.25, 0.3) is 0 Å². The van der Waals surface area contributed by atoms with Crippen molar-refractivity contribution in [3.05, 3.63) is 23.8 Å². The van der Waals surface area contributed by atoms with Crippen LogP contribution in [0.5, 0.6) is 11.5 Å². The summed E-state index contributed by atoms with van der Waals surface area (Å²) in [4.78, 5) is 0. The maximum atomic E-state index is 11.9. The highest BCUT2D eigenvalue weighted by molar-refractivity contribution is 5.40. The topological polar surface area (TPSA) is 39.7 Å². The predicted molar refractivity (Wildman–Crippen MR) is 67.9 cm³/mol. The van der Waals surface area contributed by atoms with Crippen LogP contribution in [0, 0.1) is 0 Å². The molecular formula is C13H18F3NO3. The lowest BCUT2D eigenvalue weighted by Crippen LogP contribution is -2.19. The van der Waals surface area contributed by atoms with Crippen LogP contribution in [0.15, 0.2) is 18.2 Å². The van der Waals surface area contributed by atoms with Crippen molar-refractivity contribution in [3.63, 3.8) is 0 Å². The number of nitrogens with one attached hydrogen (secondary N) is 1. The van der Waals surface area contributed by atoms with Gasteiger partial charge in [-0.15, -0.1) is 0 Å². The first-order chi connectivity index (χ1) is 9.46. The summed E-state index contributed by atoms with van der Waals surface area (Å²) in [5.41, 5.74) is 0.822. The average molecular weight is 293 g/mol. The molecule has 0 saturated carbocycles. The molecule has 0 aromatic heterocycles. The fraction of sp³-hybridized carbons (Fsp3) is 0.538. The third-order valence-electron chi connectivity index (χ3n) is 2.40. The van der Waals surface area contributed by atoms with Crippen molar-refractivity contribution in [2.75, 3.05) is 27.1 Å². The molecule has 1 aromatic rings. The summed E-state index contributed by atoms with van der Waals surface area (Å²) >= 11 is 0. The van der Waals surface area contributed by atoms with E-state index in [4.69, 9.17) is 9.47 Å². The molecule has 1 aromatic carbocycles. The zero-order valence-corrected chi connectivity index (χ0v) is 11.4. The quantitative estimate of drug-likeness (QED) is 0.591. The summed E-state index contributed by atoms with van der Waals surface area (Å²) < 4.78 is 50.5. The summed E-state index contributed by atoms with van der Waals surface area (Å²) in [7, 11) is 1.50. The Morgan fingerprint density at radius 2 is 2.00 bits per heavy atom. The van der Waals surface area contributed by atoms with Gasteiger partial charge in [0.2, 0.25) is 0 Å². The summed E-state index contributed by atoms with van der Waals surface area (Å²) in [6.07, 6.45) is -4.36. The lowest BCUT2D eigenvalue weighted by atomic mass is 10.2. The Hall–Kier alpha value is -1.47. The molecule has 0 aliphatic rings. The van der Waals surface area contributed by atoms with Crippen LogP contribution in [0.2, 0.25) is 0 Å². The Balaban J connectivity index is 2.60. The molecule has 0 bridgehead atoms. The predicted octanol–water partition coefficient (Wildman–Crippen LogP) is 2.72. The molecule has 0 saturated heterocycles. The molecule has 20 heavy (non-hydrogen) atoms. The number of rotatable bonds is 8. The van der Waals surface area contributed by atoms with E-state index in [-0.39, 0.29) is 0 Å². The zero-order valence-electron chi connectivity index (χ0n) is 11.4. The second-order valence-electron chi connectivity index (χ2n) is 3.98. The maximum absolute atomic E-state index is 11.9. The van der Waals surface area contributed by atoms with Crippen LogP contribution in [-0.4, -0.2) is 33.2 Å². The van der Waals surface area contributed by atoms with Gasteiger partial charge in [0.05, 0.1) is 7.11 Å². The third-order valence-corrected chi connectivity index (χ3v) is 2.40. The Kier molecular flexibility index (Phi) is 6.60. The van der Waals surface area contributed by atoms with Crippen molar-refractivity contribution in [3.8, 4) is 11.5 Å². The minimum Gasteiger partial charge on any atom is -0.497 e. The highest BCUT2D eigenvalue weighted by Gasteiger charge is 2.27. The molecule has 114 valence electrons. The molecule has 0 amide bonds. The molecular weight excluding hydrogens is 275 g/mol. The number of hydrogen-bond donors (Lipinski definition) is 1. The fourth-order valence-corrected chi connectivity index (χ4v) is 1.46. The van der Waals surface area contributed by atoms with Gasteiger partial charge >= 0.3 is 6.18 Å². The van der Waals surface area contributed by atoms with E-state index in [1.165, 1.54) is 7.11 Å².